The van der Waals surface area contributed by atoms with Gasteiger partial charge < -0.3 is 4.90 Å². The third-order valence-corrected chi connectivity index (χ3v) is 7.77. The number of carbonyl (C=O) groups excluding carboxylic acids is 3. The minimum absolute atomic E-state index is 0.219. The molecule has 0 N–H and O–H groups in total. The maximum absolute atomic E-state index is 13.9. The van der Waals surface area contributed by atoms with E-state index in [9.17, 15) is 14.4 Å². The Balaban J connectivity index is 1.50. The predicted molar refractivity (Wildman–Crippen MR) is 135 cm³/mol. The molecule has 2 fully saturated rings. The number of hydrogen-bond acceptors (Lipinski definition) is 4. The molecule has 6 rings (SSSR count). The Morgan fingerprint density at radius 1 is 0.886 bits per heavy atom. The number of imide groups is 1. The second-order valence-electron chi connectivity index (χ2n) is 9.17. The molecule has 2 amide bonds. The number of benzene rings is 3. The second kappa shape index (κ2) is 8.08. The predicted octanol–water partition coefficient (Wildman–Crippen LogP) is 5.70. The number of halogens is 2. The molecule has 1 unspecified atom stereocenters. The molecule has 3 heterocycles. The zero-order valence-corrected chi connectivity index (χ0v) is 20.2. The molecule has 0 aliphatic carbocycles. The van der Waals surface area contributed by atoms with Crippen molar-refractivity contribution in [3.8, 4) is 0 Å². The van der Waals surface area contributed by atoms with E-state index < -0.39 is 23.9 Å². The molecule has 0 aromatic heterocycles. The van der Waals surface area contributed by atoms with Crippen LogP contribution in [0.15, 0.2) is 72.9 Å². The summed E-state index contributed by atoms with van der Waals surface area (Å²) < 4.78 is 0. The van der Waals surface area contributed by atoms with E-state index in [1.807, 2.05) is 60.5 Å². The fourth-order valence-corrected chi connectivity index (χ4v) is 6.16. The number of hydrogen-bond donors (Lipinski definition) is 0. The van der Waals surface area contributed by atoms with Gasteiger partial charge in [-0.1, -0.05) is 65.2 Å². The van der Waals surface area contributed by atoms with Crippen LogP contribution >= 0.6 is 23.2 Å². The number of rotatable bonds is 3. The number of aryl methyl sites for hydroxylation is 1. The maximum Gasteiger partial charge on any atom is 0.240 e. The number of fused-ring (bicyclic) bond motifs is 5. The van der Waals surface area contributed by atoms with E-state index in [4.69, 9.17) is 23.2 Å². The average Bonchev–Trinajstić information content (AvgIpc) is 3.32. The van der Waals surface area contributed by atoms with Crippen molar-refractivity contribution in [1.82, 2.24) is 4.90 Å². The highest BCUT2D eigenvalue weighted by molar-refractivity contribution is 6.37. The van der Waals surface area contributed by atoms with Crippen LogP contribution < -0.4 is 4.90 Å². The number of carbonyl (C=O) groups is 3. The van der Waals surface area contributed by atoms with Gasteiger partial charge in [-0.2, -0.15) is 0 Å². The molecule has 0 radical (unpaired) electrons. The van der Waals surface area contributed by atoms with E-state index in [0.29, 0.717) is 10.7 Å². The molecule has 0 saturated carbocycles. The van der Waals surface area contributed by atoms with Crippen molar-refractivity contribution < 1.29 is 14.4 Å². The number of Topliss-reactive ketones (excluding diaryl/α,β-unsaturated/α-hetero) is 1. The summed E-state index contributed by atoms with van der Waals surface area (Å²) in [4.78, 5) is 44.8. The lowest BCUT2D eigenvalue weighted by Crippen LogP contribution is -2.44. The summed E-state index contributed by atoms with van der Waals surface area (Å²) in [5, 5.41) is 0.634. The molecule has 3 aromatic rings. The van der Waals surface area contributed by atoms with Crippen LogP contribution in [0.2, 0.25) is 10.0 Å². The lowest BCUT2D eigenvalue weighted by atomic mass is 9.83. The van der Waals surface area contributed by atoms with Crippen LogP contribution in [0, 0.1) is 18.8 Å². The molecule has 174 valence electrons. The van der Waals surface area contributed by atoms with Gasteiger partial charge in [0, 0.05) is 16.8 Å². The third kappa shape index (κ3) is 3.26. The Hall–Kier alpha value is -3.41. The van der Waals surface area contributed by atoms with Gasteiger partial charge in [0.25, 0.3) is 0 Å². The summed E-state index contributed by atoms with van der Waals surface area (Å²) in [6, 6.07) is 18.4. The standard InChI is InChI=1S/C28H20Cl2N2O3/c1-15-6-9-18(10-7-15)32-27(34)22-23(28(32)35)25(26(33)20-11-8-17(29)14-21(20)30)31-13-12-16-4-2-3-5-19(16)24(22)31/h2-14,22-25H,1H3/t22-,23+,24?,25-/m0/s1. The smallest absolute Gasteiger partial charge is 0.240 e. The van der Waals surface area contributed by atoms with Gasteiger partial charge in [0.15, 0.2) is 5.78 Å². The second-order valence-corrected chi connectivity index (χ2v) is 10.0. The molecule has 5 nitrogen and oxygen atoms in total. The Morgan fingerprint density at radius 3 is 2.34 bits per heavy atom. The van der Waals surface area contributed by atoms with Crippen molar-refractivity contribution in [1.29, 1.82) is 0 Å². The van der Waals surface area contributed by atoms with Crippen LogP contribution in [0.25, 0.3) is 6.08 Å². The number of amides is 2. The molecule has 4 atom stereocenters. The van der Waals surface area contributed by atoms with Crippen LogP contribution in [-0.2, 0) is 9.59 Å². The average molecular weight is 503 g/mol. The molecular weight excluding hydrogens is 483 g/mol. The van der Waals surface area contributed by atoms with Crippen molar-refractivity contribution in [3.63, 3.8) is 0 Å². The molecule has 3 aliphatic rings. The van der Waals surface area contributed by atoms with Crippen LogP contribution in [-0.4, -0.2) is 28.5 Å². The van der Waals surface area contributed by atoms with E-state index in [1.54, 1.807) is 24.3 Å². The fraction of sp³-hybridized carbons (Fsp3) is 0.179. The van der Waals surface area contributed by atoms with Crippen molar-refractivity contribution in [2.45, 2.75) is 19.0 Å². The molecule has 35 heavy (non-hydrogen) atoms. The van der Waals surface area contributed by atoms with Gasteiger partial charge in [-0.15, -0.1) is 0 Å². The van der Waals surface area contributed by atoms with Crippen LogP contribution in [0.4, 0.5) is 5.69 Å². The van der Waals surface area contributed by atoms with Crippen molar-refractivity contribution >= 4 is 52.6 Å². The molecule has 2 saturated heterocycles. The quantitative estimate of drug-likeness (QED) is 0.340. The monoisotopic (exact) mass is 502 g/mol. The zero-order valence-electron chi connectivity index (χ0n) is 18.7. The summed E-state index contributed by atoms with van der Waals surface area (Å²) in [5.41, 5.74) is 3.72. The van der Waals surface area contributed by atoms with E-state index in [1.165, 1.54) is 11.0 Å². The molecule has 7 heteroatoms. The Kier molecular flexibility index (Phi) is 5.09. The molecular formula is C28H20Cl2N2O3. The Morgan fingerprint density at radius 2 is 1.60 bits per heavy atom. The SMILES string of the molecule is Cc1ccc(N2C(=O)[C@@H]3[C@H](C2=O)C2c4ccccc4C=CN2[C@@H]3C(=O)c2ccc(Cl)cc2Cl)cc1. The summed E-state index contributed by atoms with van der Waals surface area (Å²) in [6.07, 6.45) is 3.75. The van der Waals surface area contributed by atoms with Gasteiger partial charge in [-0.25, -0.2) is 4.90 Å². The summed E-state index contributed by atoms with van der Waals surface area (Å²) in [6.45, 7) is 1.94. The van der Waals surface area contributed by atoms with Gasteiger partial charge in [0.05, 0.1) is 28.6 Å². The topological polar surface area (TPSA) is 57.7 Å². The summed E-state index contributed by atoms with van der Waals surface area (Å²) in [7, 11) is 0. The number of ketones is 1. The summed E-state index contributed by atoms with van der Waals surface area (Å²) >= 11 is 12.5. The van der Waals surface area contributed by atoms with Crippen molar-refractivity contribution in [2.75, 3.05) is 4.90 Å². The minimum atomic E-state index is -0.875. The van der Waals surface area contributed by atoms with Crippen LogP contribution in [0.1, 0.15) is 33.1 Å². The number of anilines is 1. The lowest BCUT2D eigenvalue weighted by Gasteiger charge is -2.35. The van der Waals surface area contributed by atoms with Gasteiger partial charge in [0.2, 0.25) is 11.8 Å². The van der Waals surface area contributed by atoms with E-state index in [2.05, 4.69) is 0 Å². The highest BCUT2D eigenvalue weighted by Gasteiger charge is 2.64. The first kappa shape index (κ1) is 22.1. The Bertz CT molecular complexity index is 1430. The van der Waals surface area contributed by atoms with Crippen LogP contribution in [0.3, 0.4) is 0 Å². The first-order valence-electron chi connectivity index (χ1n) is 11.3. The van der Waals surface area contributed by atoms with E-state index in [-0.39, 0.29) is 28.2 Å². The van der Waals surface area contributed by atoms with Crippen LogP contribution in [0.5, 0.6) is 0 Å². The normalized spacial score (nSPS) is 24.4. The molecule has 3 aromatic carbocycles. The Labute approximate surface area is 212 Å². The van der Waals surface area contributed by atoms with E-state index >= 15 is 0 Å². The fourth-order valence-electron chi connectivity index (χ4n) is 5.65. The number of nitrogens with zero attached hydrogens (tertiary/aromatic N) is 2. The van der Waals surface area contributed by atoms with Gasteiger partial charge in [-0.05, 0) is 54.5 Å². The molecule has 3 aliphatic heterocycles. The zero-order chi connectivity index (χ0) is 24.4. The molecule has 0 spiro atoms. The summed E-state index contributed by atoms with van der Waals surface area (Å²) in [5.74, 6) is -2.51. The van der Waals surface area contributed by atoms with E-state index in [0.717, 1.165) is 16.7 Å². The lowest BCUT2D eigenvalue weighted by molar-refractivity contribution is -0.123. The highest BCUT2D eigenvalue weighted by Crippen LogP contribution is 2.53. The highest BCUT2D eigenvalue weighted by atomic mass is 35.5. The van der Waals surface area contributed by atoms with Crippen molar-refractivity contribution in [3.05, 3.63) is 105 Å². The van der Waals surface area contributed by atoms with Gasteiger partial charge >= 0.3 is 0 Å². The first-order chi connectivity index (χ1) is 16.9. The maximum atomic E-state index is 13.9. The van der Waals surface area contributed by atoms with Gasteiger partial charge in [-0.3, -0.25) is 14.4 Å². The van der Waals surface area contributed by atoms with Gasteiger partial charge in [0.1, 0.15) is 6.04 Å². The third-order valence-electron chi connectivity index (χ3n) is 7.22. The van der Waals surface area contributed by atoms with Crippen molar-refractivity contribution in [2.24, 2.45) is 11.8 Å². The molecule has 0 bridgehead atoms. The largest absolute Gasteiger partial charge is 0.358 e. The minimum Gasteiger partial charge on any atom is -0.358 e. The first-order valence-corrected chi connectivity index (χ1v) is 12.1.